The molecule has 1 fully saturated rings. The van der Waals surface area contributed by atoms with E-state index in [1.54, 1.807) is 0 Å². The molecule has 0 aliphatic heterocycles. The van der Waals surface area contributed by atoms with Gasteiger partial charge in [-0.3, -0.25) is 0 Å². The Bertz CT molecular complexity index is 456. The molecule has 1 aromatic carbocycles. The lowest BCUT2D eigenvalue weighted by atomic mass is 9.85. The summed E-state index contributed by atoms with van der Waals surface area (Å²) in [6, 6.07) is 6.88. The van der Waals surface area contributed by atoms with Crippen LogP contribution in [-0.2, 0) is 0 Å². The molecule has 0 amide bonds. The van der Waals surface area contributed by atoms with Gasteiger partial charge in [-0.25, -0.2) is 0 Å². The van der Waals surface area contributed by atoms with Gasteiger partial charge in [-0.1, -0.05) is 12.8 Å². The van der Waals surface area contributed by atoms with Gasteiger partial charge in [0.2, 0.25) is 0 Å². The number of nitrogens with zero attached hydrogens (tertiary/aromatic N) is 1. The number of anilines is 1. The Balaban J connectivity index is 2.21. The second-order valence-electron chi connectivity index (χ2n) is 4.87. The summed E-state index contributed by atoms with van der Waals surface area (Å²) >= 11 is 7.18. The van der Waals surface area contributed by atoms with Crippen molar-refractivity contribution in [1.29, 1.82) is 5.26 Å². The van der Waals surface area contributed by atoms with Crippen molar-refractivity contribution in [1.82, 2.24) is 0 Å². The van der Waals surface area contributed by atoms with Crippen molar-refractivity contribution < 1.29 is 0 Å². The Hall–Kier alpha value is -0.530. The fourth-order valence-electron chi connectivity index (χ4n) is 2.48. The van der Waals surface area contributed by atoms with Crippen LogP contribution in [0.4, 0.5) is 5.69 Å². The minimum absolute atomic E-state index is 0.124. The molecular weight excluding hydrogens is 356 g/mol. The van der Waals surface area contributed by atoms with Crippen LogP contribution < -0.4 is 5.32 Å². The second-order valence-corrected chi connectivity index (χ2v) is 6.58. The van der Waals surface area contributed by atoms with Gasteiger partial charge >= 0.3 is 0 Å². The van der Waals surface area contributed by atoms with Crippen LogP contribution in [0.5, 0.6) is 0 Å². The van der Waals surface area contributed by atoms with E-state index in [9.17, 15) is 5.26 Å². The maximum Gasteiger partial charge on any atom is 0.0677 e. The minimum atomic E-state index is 0.124. The molecule has 0 spiro atoms. The zero-order valence-electron chi connectivity index (χ0n) is 10.3. The second kappa shape index (κ2) is 6.08. The average molecular weight is 372 g/mol. The topological polar surface area (TPSA) is 35.8 Å². The lowest BCUT2D eigenvalue weighted by Gasteiger charge is -2.29. The molecule has 1 N–H and O–H groups in total. The smallest absolute Gasteiger partial charge is 0.0677 e. The largest absolute Gasteiger partial charge is 0.379 e. The number of aryl methyl sites for hydroxylation is 1. The van der Waals surface area contributed by atoms with Crippen LogP contribution in [-0.4, -0.2) is 6.04 Å². The molecule has 2 atom stereocenters. The molecule has 1 saturated carbocycles. The van der Waals surface area contributed by atoms with E-state index < -0.39 is 0 Å². The van der Waals surface area contributed by atoms with E-state index in [0.29, 0.717) is 0 Å². The van der Waals surface area contributed by atoms with Crippen LogP contribution >= 0.6 is 31.9 Å². The first-order valence-electron chi connectivity index (χ1n) is 6.23. The van der Waals surface area contributed by atoms with Crippen molar-refractivity contribution >= 4 is 37.5 Å². The monoisotopic (exact) mass is 370 g/mol. The fourth-order valence-corrected chi connectivity index (χ4v) is 4.13. The van der Waals surface area contributed by atoms with Crippen molar-refractivity contribution in [3.8, 4) is 6.07 Å². The number of hydrogen-bond donors (Lipinski definition) is 1. The third kappa shape index (κ3) is 3.07. The predicted octanol–water partition coefficient (Wildman–Crippen LogP) is 5.01. The first kappa shape index (κ1) is 13.9. The van der Waals surface area contributed by atoms with Gasteiger partial charge in [-0.15, -0.1) is 0 Å². The van der Waals surface area contributed by atoms with Gasteiger partial charge in [0.05, 0.1) is 17.7 Å². The SMILES string of the molecule is Cc1cc(Br)c(NC2CCCCC2C#N)c(Br)c1. The molecule has 0 saturated heterocycles. The normalized spacial score (nSPS) is 23.4. The zero-order chi connectivity index (χ0) is 13.1. The summed E-state index contributed by atoms with van der Waals surface area (Å²) in [4.78, 5) is 0. The Labute approximate surface area is 125 Å². The Kier molecular flexibility index (Phi) is 4.69. The molecule has 96 valence electrons. The van der Waals surface area contributed by atoms with Gasteiger partial charge in [-0.05, 0) is 69.3 Å². The van der Waals surface area contributed by atoms with Crippen LogP contribution in [0.1, 0.15) is 31.2 Å². The molecule has 2 rings (SSSR count). The van der Waals surface area contributed by atoms with E-state index >= 15 is 0 Å². The number of hydrogen-bond acceptors (Lipinski definition) is 2. The van der Waals surface area contributed by atoms with E-state index in [4.69, 9.17) is 0 Å². The van der Waals surface area contributed by atoms with E-state index in [1.165, 1.54) is 18.4 Å². The average Bonchev–Trinajstić information content (AvgIpc) is 2.34. The lowest BCUT2D eigenvalue weighted by molar-refractivity contribution is 0.388. The van der Waals surface area contributed by atoms with Crippen molar-refractivity contribution in [3.63, 3.8) is 0 Å². The quantitative estimate of drug-likeness (QED) is 0.792. The molecule has 0 aromatic heterocycles. The molecule has 0 bridgehead atoms. The molecule has 2 nitrogen and oxygen atoms in total. The summed E-state index contributed by atoms with van der Waals surface area (Å²) in [6.45, 7) is 2.07. The molecule has 18 heavy (non-hydrogen) atoms. The van der Waals surface area contributed by atoms with Crippen LogP contribution in [0.2, 0.25) is 0 Å². The minimum Gasteiger partial charge on any atom is -0.379 e. The van der Waals surface area contributed by atoms with Crippen molar-refractivity contribution in [3.05, 3.63) is 26.6 Å². The molecule has 4 heteroatoms. The number of halogens is 2. The Morgan fingerprint density at radius 2 is 1.83 bits per heavy atom. The highest BCUT2D eigenvalue weighted by atomic mass is 79.9. The highest BCUT2D eigenvalue weighted by Crippen LogP contribution is 2.35. The first-order valence-corrected chi connectivity index (χ1v) is 7.82. The zero-order valence-corrected chi connectivity index (χ0v) is 13.5. The molecule has 1 aliphatic carbocycles. The molecule has 0 radical (unpaired) electrons. The van der Waals surface area contributed by atoms with Crippen molar-refractivity contribution in [2.45, 2.75) is 38.6 Å². The standard InChI is InChI=1S/C14H16Br2N2/c1-9-6-11(15)14(12(16)7-9)18-13-5-3-2-4-10(13)8-17/h6-7,10,13,18H,2-5H2,1H3. The third-order valence-corrected chi connectivity index (χ3v) is 4.70. The number of nitriles is 1. The summed E-state index contributed by atoms with van der Waals surface area (Å²) < 4.78 is 2.10. The van der Waals surface area contributed by atoms with E-state index in [2.05, 4.69) is 62.3 Å². The fraction of sp³-hybridized carbons (Fsp3) is 0.500. The molecule has 1 aliphatic rings. The van der Waals surface area contributed by atoms with Gasteiger partial charge in [0, 0.05) is 15.0 Å². The number of nitrogens with one attached hydrogen (secondary N) is 1. The number of benzene rings is 1. The number of rotatable bonds is 2. The Morgan fingerprint density at radius 1 is 1.22 bits per heavy atom. The van der Waals surface area contributed by atoms with Gasteiger partial charge in [-0.2, -0.15) is 5.26 Å². The molecule has 0 heterocycles. The predicted molar refractivity (Wildman–Crippen MR) is 81.6 cm³/mol. The van der Waals surface area contributed by atoms with Crippen molar-refractivity contribution in [2.75, 3.05) is 5.32 Å². The van der Waals surface area contributed by atoms with Crippen LogP contribution in [0.15, 0.2) is 21.1 Å². The van der Waals surface area contributed by atoms with Gasteiger partial charge in [0.15, 0.2) is 0 Å². The highest BCUT2D eigenvalue weighted by molar-refractivity contribution is 9.11. The molecule has 2 unspecified atom stereocenters. The van der Waals surface area contributed by atoms with Gasteiger partial charge < -0.3 is 5.32 Å². The van der Waals surface area contributed by atoms with E-state index in [1.807, 2.05) is 0 Å². The summed E-state index contributed by atoms with van der Waals surface area (Å²) in [7, 11) is 0. The summed E-state index contributed by atoms with van der Waals surface area (Å²) in [6.07, 6.45) is 4.46. The maximum atomic E-state index is 9.21. The third-order valence-electron chi connectivity index (χ3n) is 3.45. The summed E-state index contributed by atoms with van der Waals surface area (Å²) in [5.74, 6) is 0.124. The highest BCUT2D eigenvalue weighted by Gasteiger charge is 2.25. The summed E-state index contributed by atoms with van der Waals surface area (Å²) in [5, 5.41) is 12.7. The van der Waals surface area contributed by atoms with Gasteiger partial charge in [0.1, 0.15) is 0 Å². The Morgan fingerprint density at radius 3 is 2.44 bits per heavy atom. The van der Waals surface area contributed by atoms with Crippen LogP contribution in [0.3, 0.4) is 0 Å². The molecule has 1 aromatic rings. The van der Waals surface area contributed by atoms with Crippen LogP contribution in [0, 0.1) is 24.2 Å². The first-order chi connectivity index (χ1) is 8.61. The van der Waals surface area contributed by atoms with E-state index in [0.717, 1.165) is 27.5 Å². The maximum absolute atomic E-state index is 9.21. The van der Waals surface area contributed by atoms with E-state index in [-0.39, 0.29) is 12.0 Å². The summed E-state index contributed by atoms with van der Waals surface area (Å²) in [5.41, 5.74) is 2.27. The van der Waals surface area contributed by atoms with Crippen molar-refractivity contribution in [2.24, 2.45) is 5.92 Å². The molecular formula is C14H16Br2N2. The van der Waals surface area contributed by atoms with Crippen LogP contribution in [0.25, 0.3) is 0 Å². The van der Waals surface area contributed by atoms with Gasteiger partial charge in [0.25, 0.3) is 0 Å². The lowest BCUT2D eigenvalue weighted by Crippen LogP contribution is -2.31.